The molecule has 0 radical (unpaired) electrons. The number of carbonyl (C=O) groups is 3. The number of pyridine rings is 1. The molecular formula is C30H26F4N8O3. The number of piperidine rings is 1. The molecule has 2 saturated heterocycles. The molecule has 1 unspecified atom stereocenters. The highest BCUT2D eigenvalue weighted by atomic mass is 19.4. The highest BCUT2D eigenvalue weighted by Crippen LogP contribution is 2.33. The number of anilines is 3. The Morgan fingerprint density at radius 2 is 1.91 bits per heavy atom. The fourth-order valence-electron chi connectivity index (χ4n) is 4.72. The highest BCUT2D eigenvalue weighted by molar-refractivity contribution is 6.01. The van der Waals surface area contributed by atoms with Gasteiger partial charge >= 0.3 is 6.18 Å². The molecule has 0 spiro atoms. The summed E-state index contributed by atoms with van der Waals surface area (Å²) < 4.78 is 55.9. The third-order valence-corrected chi connectivity index (χ3v) is 7.46. The normalized spacial score (nSPS) is 17.0. The molecular weight excluding hydrogens is 596 g/mol. The van der Waals surface area contributed by atoms with Crippen molar-refractivity contribution in [2.24, 2.45) is 5.92 Å². The number of alkyl halides is 3. The van der Waals surface area contributed by atoms with E-state index in [0.717, 1.165) is 6.20 Å². The molecule has 232 valence electrons. The summed E-state index contributed by atoms with van der Waals surface area (Å²) in [5.74, 6) is 4.09. The molecule has 0 bridgehead atoms. The molecule has 2 fully saturated rings. The van der Waals surface area contributed by atoms with Gasteiger partial charge in [0.25, 0.3) is 5.91 Å². The molecule has 4 heterocycles. The Balaban J connectivity index is 1.17. The van der Waals surface area contributed by atoms with Crippen LogP contribution in [0.25, 0.3) is 0 Å². The van der Waals surface area contributed by atoms with Gasteiger partial charge in [-0.2, -0.15) is 23.5 Å². The molecule has 45 heavy (non-hydrogen) atoms. The fourth-order valence-corrected chi connectivity index (χ4v) is 4.72. The van der Waals surface area contributed by atoms with Crippen molar-refractivity contribution in [1.29, 1.82) is 5.26 Å². The standard InChI is InChI=1S/C30H26F4N8O3/c1-29(2,28(45)38-19-9-21(30(32,33)34)25(11-35)36-13-19)42-16-17(12-37-42)3-4-18-14-41(15-18)20-5-6-23(22(31)10-20)39-24-7-8-26(43)40-27(24)44/h5-6,9-10,12-13,16,18,24,39H,7-8,14-15H2,1-2H3,(H,38,45)(H,40,43,44). The maximum absolute atomic E-state index is 14.8. The Bertz CT molecular complexity index is 1780. The number of amides is 3. The van der Waals surface area contributed by atoms with E-state index in [1.807, 2.05) is 4.90 Å². The largest absolute Gasteiger partial charge is 0.419 e. The SMILES string of the molecule is CC(C)(C(=O)Nc1cnc(C#N)c(C(F)(F)F)c1)n1cc(C#CC2CN(c3ccc(NC4CCC(=O)NC4=O)c(F)c3)C2)cn1. The van der Waals surface area contributed by atoms with E-state index in [9.17, 15) is 31.9 Å². The van der Waals surface area contributed by atoms with E-state index in [4.69, 9.17) is 5.26 Å². The molecule has 2 aromatic heterocycles. The molecule has 5 rings (SSSR count). The monoisotopic (exact) mass is 622 g/mol. The van der Waals surface area contributed by atoms with Gasteiger partial charge in [-0.3, -0.25) is 24.4 Å². The fraction of sp³-hybridized carbons (Fsp3) is 0.333. The molecule has 2 aliphatic rings. The van der Waals surface area contributed by atoms with Gasteiger partial charge in [-0.25, -0.2) is 9.37 Å². The van der Waals surface area contributed by atoms with E-state index in [2.05, 4.69) is 37.9 Å². The number of carbonyl (C=O) groups excluding carboxylic acids is 3. The highest BCUT2D eigenvalue weighted by Gasteiger charge is 2.36. The number of benzene rings is 1. The number of nitriles is 1. The smallest absolute Gasteiger partial charge is 0.371 e. The van der Waals surface area contributed by atoms with Gasteiger partial charge in [-0.05, 0) is 44.5 Å². The second-order valence-corrected chi connectivity index (χ2v) is 11.1. The summed E-state index contributed by atoms with van der Waals surface area (Å²) in [7, 11) is 0. The minimum Gasteiger partial charge on any atom is -0.371 e. The summed E-state index contributed by atoms with van der Waals surface area (Å²) in [6, 6.07) is 6.00. The van der Waals surface area contributed by atoms with Crippen LogP contribution in [0.4, 0.5) is 34.6 Å². The Labute approximate surface area is 254 Å². The van der Waals surface area contributed by atoms with E-state index in [0.29, 0.717) is 30.4 Å². The molecule has 3 N–H and O–H groups in total. The van der Waals surface area contributed by atoms with E-state index in [1.54, 1.807) is 18.3 Å². The van der Waals surface area contributed by atoms with Crippen molar-refractivity contribution in [3.8, 4) is 17.9 Å². The van der Waals surface area contributed by atoms with Crippen molar-refractivity contribution in [3.05, 3.63) is 65.5 Å². The maximum atomic E-state index is 14.8. The minimum absolute atomic E-state index is 0.0132. The molecule has 1 aromatic carbocycles. The molecule has 1 atom stereocenters. The van der Waals surface area contributed by atoms with Crippen molar-refractivity contribution >= 4 is 34.8 Å². The van der Waals surface area contributed by atoms with Crippen LogP contribution in [0, 0.1) is 34.9 Å². The van der Waals surface area contributed by atoms with Crippen molar-refractivity contribution in [3.63, 3.8) is 0 Å². The van der Waals surface area contributed by atoms with E-state index in [-0.39, 0.29) is 36.0 Å². The lowest BCUT2D eigenvalue weighted by atomic mass is 9.99. The predicted molar refractivity (Wildman–Crippen MR) is 153 cm³/mol. The third kappa shape index (κ3) is 6.72. The zero-order valence-corrected chi connectivity index (χ0v) is 24.0. The van der Waals surface area contributed by atoms with Crippen LogP contribution in [0.1, 0.15) is 43.5 Å². The number of nitrogens with one attached hydrogen (secondary N) is 3. The Morgan fingerprint density at radius 3 is 2.58 bits per heavy atom. The van der Waals surface area contributed by atoms with E-state index in [1.165, 1.54) is 36.9 Å². The first-order valence-corrected chi connectivity index (χ1v) is 13.7. The molecule has 0 saturated carbocycles. The molecule has 0 aliphatic carbocycles. The number of hydrogen-bond acceptors (Lipinski definition) is 8. The zero-order chi connectivity index (χ0) is 32.5. The topological polar surface area (TPSA) is 145 Å². The first-order chi connectivity index (χ1) is 21.2. The van der Waals surface area contributed by atoms with Crippen LogP contribution < -0.4 is 20.9 Å². The van der Waals surface area contributed by atoms with E-state index < -0.39 is 46.6 Å². The maximum Gasteiger partial charge on any atom is 0.419 e. The average Bonchev–Trinajstić information content (AvgIpc) is 3.44. The molecule has 2 aliphatic heterocycles. The van der Waals surface area contributed by atoms with Gasteiger partial charge in [0.1, 0.15) is 23.5 Å². The first-order valence-electron chi connectivity index (χ1n) is 13.7. The van der Waals surface area contributed by atoms with Crippen LogP contribution in [0.2, 0.25) is 0 Å². The lowest BCUT2D eigenvalue weighted by Crippen LogP contribution is -2.47. The Kier molecular flexibility index (Phi) is 8.21. The van der Waals surface area contributed by atoms with Crippen LogP contribution in [-0.4, -0.2) is 51.6 Å². The molecule has 3 amide bonds. The number of nitrogens with zero attached hydrogens (tertiary/aromatic N) is 5. The Morgan fingerprint density at radius 1 is 1.16 bits per heavy atom. The first kappa shape index (κ1) is 31.0. The van der Waals surface area contributed by atoms with Gasteiger partial charge in [-0.15, -0.1) is 0 Å². The number of aromatic nitrogens is 3. The summed E-state index contributed by atoms with van der Waals surface area (Å²) in [4.78, 5) is 41.7. The Hall–Kier alpha value is -5.44. The van der Waals surface area contributed by atoms with Gasteiger partial charge in [0.15, 0.2) is 5.69 Å². The summed E-state index contributed by atoms with van der Waals surface area (Å²) in [5, 5.41) is 20.6. The summed E-state index contributed by atoms with van der Waals surface area (Å²) in [6.45, 7) is 4.16. The average molecular weight is 623 g/mol. The number of halogens is 4. The lowest BCUT2D eigenvalue weighted by Gasteiger charge is -2.38. The summed E-state index contributed by atoms with van der Waals surface area (Å²) in [5.41, 5.74) is -2.25. The van der Waals surface area contributed by atoms with Gasteiger partial charge in [0.2, 0.25) is 11.8 Å². The van der Waals surface area contributed by atoms with Crippen molar-refractivity contribution in [2.45, 2.75) is 44.4 Å². The van der Waals surface area contributed by atoms with Crippen LogP contribution in [0.3, 0.4) is 0 Å². The van der Waals surface area contributed by atoms with Crippen LogP contribution in [-0.2, 0) is 26.1 Å². The number of rotatable bonds is 6. The second kappa shape index (κ2) is 11.9. The minimum atomic E-state index is -4.82. The second-order valence-electron chi connectivity index (χ2n) is 11.1. The number of imide groups is 1. The van der Waals surface area contributed by atoms with Crippen LogP contribution in [0.5, 0.6) is 0 Å². The lowest BCUT2D eigenvalue weighted by molar-refractivity contribution is -0.138. The number of hydrogen-bond donors (Lipinski definition) is 3. The quantitative estimate of drug-likeness (QED) is 0.216. The van der Waals surface area contributed by atoms with Gasteiger partial charge < -0.3 is 15.5 Å². The van der Waals surface area contributed by atoms with Gasteiger partial charge in [0, 0.05) is 31.4 Å². The van der Waals surface area contributed by atoms with Crippen LogP contribution >= 0.6 is 0 Å². The molecule has 3 aromatic rings. The van der Waals surface area contributed by atoms with Crippen molar-refractivity contribution in [2.75, 3.05) is 28.6 Å². The van der Waals surface area contributed by atoms with Crippen LogP contribution in [0.15, 0.2) is 42.9 Å². The van der Waals surface area contributed by atoms with Gasteiger partial charge in [0.05, 0.1) is 40.8 Å². The van der Waals surface area contributed by atoms with Gasteiger partial charge in [-0.1, -0.05) is 11.8 Å². The van der Waals surface area contributed by atoms with Crippen molar-refractivity contribution in [1.82, 2.24) is 20.1 Å². The summed E-state index contributed by atoms with van der Waals surface area (Å²) >= 11 is 0. The van der Waals surface area contributed by atoms with Crippen molar-refractivity contribution < 1.29 is 31.9 Å². The predicted octanol–water partition coefficient (Wildman–Crippen LogP) is 3.39. The van der Waals surface area contributed by atoms with E-state index >= 15 is 0 Å². The third-order valence-electron chi connectivity index (χ3n) is 7.46. The molecule has 15 heteroatoms. The summed E-state index contributed by atoms with van der Waals surface area (Å²) in [6.07, 6.45) is -0.369. The molecule has 11 nitrogen and oxygen atoms in total. The zero-order valence-electron chi connectivity index (χ0n) is 24.0.